The number of likely N-dealkylation sites (N-methyl/N-ethyl adjacent to an activating group) is 1. The molecule has 0 spiro atoms. The summed E-state index contributed by atoms with van der Waals surface area (Å²) in [6, 6.07) is 1.79. The summed E-state index contributed by atoms with van der Waals surface area (Å²) in [5, 5.41) is 5.95. The number of amides is 1. The third-order valence-corrected chi connectivity index (χ3v) is 2.49. The number of nitrogens with one attached hydrogen (secondary N) is 2. The topological polar surface area (TPSA) is 54.0 Å². The van der Waals surface area contributed by atoms with Crippen LogP contribution >= 0.6 is 0 Å². The van der Waals surface area contributed by atoms with Gasteiger partial charge in [0.2, 0.25) is 5.91 Å². The van der Waals surface area contributed by atoms with Crippen LogP contribution in [-0.4, -0.2) is 23.5 Å². The molecule has 1 amide bonds. The van der Waals surface area contributed by atoms with Gasteiger partial charge in [0.05, 0.1) is 6.04 Å². The van der Waals surface area contributed by atoms with Crippen molar-refractivity contribution in [3.63, 3.8) is 0 Å². The van der Waals surface area contributed by atoms with Crippen LogP contribution in [0.15, 0.2) is 18.5 Å². The minimum absolute atomic E-state index is 0.0315. The molecule has 0 saturated carbocycles. The molecule has 1 unspecified atom stereocenters. The van der Waals surface area contributed by atoms with Gasteiger partial charge < -0.3 is 10.6 Å². The molecule has 1 atom stereocenters. The molecule has 2 N–H and O–H groups in total. The molecule has 4 heteroatoms. The first-order valence-corrected chi connectivity index (χ1v) is 5.55. The first-order valence-electron chi connectivity index (χ1n) is 5.55. The second-order valence-electron chi connectivity index (χ2n) is 3.80. The SMILES string of the molecule is CCNC(=O)C(C)NCc1cnccc1C. The smallest absolute Gasteiger partial charge is 0.236 e. The molecule has 0 aliphatic heterocycles. The Labute approximate surface area is 96.5 Å². The lowest BCUT2D eigenvalue weighted by molar-refractivity contribution is -0.122. The molecule has 4 nitrogen and oxygen atoms in total. The van der Waals surface area contributed by atoms with E-state index in [1.807, 2.05) is 33.0 Å². The third kappa shape index (κ3) is 3.62. The fraction of sp³-hybridized carbons (Fsp3) is 0.500. The summed E-state index contributed by atoms with van der Waals surface area (Å²) < 4.78 is 0. The fourth-order valence-electron chi connectivity index (χ4n) is 1.36. The van der Waals surface area contributed by atoms with Gasteiger partial charge in [-0.3, -0.25) is 9.78 Å². The van der Waals surface area contributed by atoms with Crippen LogP contribution in [0.25, 0.3) is 0 Å². The predicted octanol–water partition coefficient (Wildman–Crippen LogP) is 1.00. The summed E-state index contributed by atoms with van der Waals surface area (Å²) >= 11 is 0. The average Bonchev–Trinajstić information content (AvgIpc) is 2.28. The van der Waals surface area contributed by atoms with E-state index in [-0.39, 0.29) is 11.9 Å². The first kappa shape index (κ1) is 12.6. The van der Waals surface area contributed by atoms with Crippen molar-refractivity contribution >= 4 is 5.91 Å². The van der Waals surface area contributed by atoms with Gasteiger partial charge in [0, 0.05) is 25.5 Å². The summed E-state index contributed by atoms with van der Waals surface area (Å²) in [6.45, 7) is 7.14. The molecule has 0 aliphatic rings. The number of pyridine rings is 1. The molecular formula is C12H19N3O. The van der Waals surface area contributed by atoms with Gasteiger partial charge in [0.1, 0.15) is 0 Å². The summed E-state index contributed by atoms with van der Waals surface area (Å²) in [7, 11) is 0. The molecule has 88 valence electrons. The molecule has 1 heterocycles. The van der Waals surface area contributed by atoms with Crippen LogP contribution < -0.4 is 10.6 Å². The van der Waals surface area contributed by atoms with Crippen LogP contribution in [0.4, 0.5) is 0 Å². The summed E-state index contributed by atoms with van der Waals surface area (Å²) in [5.41, 5.74) is 2.31. The van der Waals surface area contributed by atoms with Crippen LogP contribution in [0.2, 0.25) is 0 Å². The van der Waals surface area contributed by atoms with Crippen LogP contribution in [0.1, 0.15) is 25.0 Å². The Kier molecular flexibility index (Phi) is 4.92. The largest absolute Gasteiger partial charge is 0.355 e. The van der Waals surface area contributed by atoms with Gasteiger partial charge in [-0.25, -0.2) is 0 Å². The van der Waals surface area contributed by atoms with E-state index in [9.17, 15) is 4.79 Å². The number of nitrogens with zero attached hydrogens (tertiary/aromatic N) is 1. The van der Waals surface area contributed by atoms with Crippen molar-refractivity contribution in [2.24, 2.45) is 0 Å². The maximum atomic E-state index is 11.5. The fourth-order valence-corrected chi connectivity index (χ4v) is 1.36. The van der Waals surface area contributed by atoms with Crippen molar-refractivity contribution in [2.45, 2.75) is 33.4 Å². The predicted molar refractivity (Wildman–Crippen MR) is 64.0 cm³/mol. The van der Waals surface area contributed by atoms with E-state index in [1.165, 1.54) is 5.56 Å². The molecule has 0 aliphatic carbocycles. The zero-order valence-electron chi connectivity index (χ0n) is 10.1. The molecule has 1 aromatic rings. The number of aromatic nitrogens is 1. The minimum atomic E-state index is -0.181. The Morgan fingerprint density at radius 1 is 1.56 bits per heavy atom. The van der Waals surface area contributed by atoms with E-state index in [2.05, 4.69) is 15.6 Å². The highest BCUT2D eigenvalue weighted by atomic mass is 16.2. The third-order valence-electron chi connectivity index (χ3n) is 2.49. The second kappa shape index (κ2) is 6.23. The molecule has 0 bridgehead atoms. The number of hydrogen-bond donors (Lipinski definition) is 2. The monoisotopic (exact) mass is 221 g/mol. The number of carbonyl (C=O) groups excluding carboxylic acids is 1. The quantitative estimate of drug-likeness (QED) is 0.780. The molecule has 0 fully saturated rings. The van der Waals surface area contributed by atoms with Crippen molar-refractivity contribution in [2.75, 3.05) is 6.54 Å². The zero-order chi connectivity index (χ0) is 12.0. The van der Waals surface area contributed by atoms with E-state index in [0.29, 0.717) is 13.1 Å². The zero-order valence-corrected chi connectivity index (χ0v) is 10.1. The van der Waals surface area contributed by atoms with Crippen molar-refractivity contribution in [1.82, 2.24) is 15.6 Å². The van der Waals surface area contributed by atoms with E-state index in [0.717, 1.165) is 5.56 Å². The summed E-state index contributed by atoms with van der Waals surface area (Å²) in [6.07, 6.45) is 3.60. The van der Waals surface area contributed by atoms with Crippen LogP contribution in [0.5, 0.6) is 0 Å². The highest BCUT2D eigenvalue weighted by molar-refractivity contribution is 5.81. The Hall–Kier alpha value is -1.42. The second-order valence-corrected chi connectivity index (χ2v) is 3.80. The number of carbonyl (C=O) groups is 1. The minimum Gasteiger partial charge on any atom is -0.355 e. The lowest BCUT2D eigenvalue weighted by Crippen LogP contribution is -2.41. The molecule has 0 aromatic carbocycles. The van der Waals surface area contributed by atoms with Gasteiger partial charge in [-0.05, 0) is 38.0 Å². The molecular weight excluding hydrogens is 202 g/mol. The van der Waals surface area contributed by atoms with Crippen LogP contribution in [-0.2, 0) is 11.3 Å². The number of aryl methyl sites for hydroxylation is 1. The number of rotatable bonds is 5. The van der Waals surface area contributed by atoms with Crippen molar-refractivity contribution in [1.29, 1.82) is 0 Å². The highest BCUT2D eigenvalue weighted by Crippen LogP contribution is 2.04. The average molecular weight is 221 g/mol. The van der Waals surface area contributed by atoms with Gasteiger partial charge in [0.25, 0.3) is 0 Å². The van der Waals surface area contributed by atoms with Gasteiger partial charge in [-0.15, -0.1) is 0 Å². The molecule has 16 heavy (non-hydrogen) atoms. The molecule has 0 saturated heterocycles. The normalized spacial score (nSPS) is 12.2. The van der Waals surface area contributed by atoms with Gasteiger partial charge in [-0.2, -0.15) is 0 Å². The van der Waals surface area contributed by atoms with E-state index in [1.54, 1.807) is 6.20 Å². The van der Waals surface area contributed by atoms with Crippen molar-refractivity contribution in [3.05, 3.63) is 29.6 Å². The van der Waals surface area contributed by atoms with Crippen molar-refractivity contribution in [3.8, 4) is 0 Å². The standard InChI is InChI=1S/C12H19N3O/c1-4-14-12(16)10(3)15-8-11-7-13-6-5-9(11)2/h5-7,10,15H,4,8H2,1-3H3,(H,14,16). The van der Waals surface area contributed by atoms with E-state index < -0.39 is 0 Å². The Morgan fingerprint density at radius 2 is 2.31 bits per heavy atom. The van der Waals surface area contributed by atoms with Crippen molar-refractivity contribution < 1.29 is 4.79 Å². The van der Waals surface area contributed by atoms with Gasteiger partial charge in [0.15, 0.2) is 0 Å². The summed E-state index contributed by atoms with van der Waals surface area (Å²) in [4.78, 5) is 15.5. The summed E-state index contributed by atoms with van der Waals surface area (Å²) in [5.74, 6) is 0.0315. The van der Waals surface area contributed by atoms with Crippen LogP contribution in [0.3, 0.4) is 0 Å². The van der Waals surface area contributed by atoms with Gasteiger partial charge in [-0.1, -0.05) is 0 Å². The van der Waals surface area contributed by atoms with E-state index >= 15 is 0 Å². The maximum Gasteiger partial charge on any atom is 0.236 e. The van der Waals surface area contributed by atoms with Gasteiger partial charge >= 0.3 is 0 Å². The van der Waals surface area contributed by atoms with Crippen LogP contribution in [0, 0.1) is 6.92 Å². The Morgan fingerprint density at radius 3 is 2.94 bits per heavy atom. The lowest BCUT2D eigenvalue weighted by Gasteiger charge is -2.13. The number of hydrogen-bond acceptors (Lipinski definition) is 3. The molecule has 1 rings (SSSR count). The maximum absolute atomic E-state index is 11.5. The highest BCUT2D eigenvalue weighted by Gasteiger charge is 2.10. The Balaban J connectivity index is 2.46. The lowest BCUT2D eigenvalue weighted by atomic mass is 10.1. The van der Waals surface area contributed by atoms with E-state index in [4.69, 9.17) is 0 Å². The first-order chi connectivity index (χ1) is 7.65. The molecule has 0 radical (unpaired) electrons. The molecule has 1 aromatic heterocycles. The Bertz CT molecular complexity index is 352.